The lowest BCUT2D eigenvalue weighted by Gasteiger charge is -2.25. The average Bonchev–Trinajstić information content (AvgIpc) is 2.86. The summed E-state index contributed by atoms with van der Waals surface area (Å²) in [4.78, 5) is 0. The van der Waals surface area contributed by atoms with Crippen LogP contribution in [0.2, 0.25) is 0 Å². The fourth-order valence-electron chi connectivity index (χ4n) is 1.56. The van der Waals surface area contributed by atoms with Crippen LogP contribution in [0.3, 0.4) is 0 Å². The van der Waals surface area contributed by atoms with Crippen LogP contribution in [-0.2, 0) is 0 Å². The topological polar surface area (TPSA) is 58.0 Å². The molecular formula is C14H17BrFN3OS. The van der Waals surface area contributed by atoms with Gasteiger partial charge in [-0.05, 0) is 23.6 Å². The van der Waals surface area contributed by atoms with Crippen LogP contribution < -0.4 is 5.32 Å². The van der Waals surface area contributed by atoms with Gasteiger partial charge in [-0.1, -0.05) is 48.0 Å². The van der Waals surface area contributed by atoms with Crippen LogP contribution in [-0.4, -0.2) is 28.0 Å². The lowest BCUT2D eigenvalue weighted by atomic mass is 9.89. The second-order valence-corrected chi connectivity index (χ2v) is 7.69. The number of nitrogens with one attached hydrogen (secondary N) is 1. The minimum Gasteiger partial charge on any atom is -0.391 e. The maximum absolute atomic E-state index is 13.8. The molecule has 7 heteroatoms. The molecule has 21 heavy (non-hydrogen) atoms. The molecule has 2 aromatic rings. The summed E-state index contributed by atoms with van der Waals surface area (Å²) in [6.45, 7) is 6.25. The van der Waals surface area contributed by atoms with Crippen molar-refractivity contribution < 1.29 is 9.50 Å². The molecule has 0 amide bonds. The zero-order valence-electron chi connectivity index (χ0n) is 12.0. The number of nitrogens with zero attached hydrogens (tertiary/aromatic N) is 2. The van der Waals surface area contributed by atoms with Crippen LogP contribution >= 0.6 is 27.3 Å². The van der Waals surface area contributed by atoms with Crippen LogP contribution in [0, 0.1) is 11.2 Å². The van der Waals surface area contributed by atoms with Gasteiger partial charge in [0.25, 0.3) is 0 Å². The average molecular weight is 374 g/mol. The lowest BCUT2D eigenvalue weighted by Crippen LogP contribution is -2.32. The number of anilines is 1. The Bertz CT molecular complexity index is 627. The predicted molar refractivity (Wildman–Crippen MR) is 87.0 cm³/mol. The largest absolute Gasteiger partial charge is 0.391 e. The Hall–Kier alpha value is -1.05. The van der Waals surface area contributed by atoms with Crippen molar-refractivity contribution in [3.05, 3.63) is 28.5 Å². The second kappa shape index (κ2) is 6.37. The molecule has 1 unspecified atom stereocenters. The Kier molecular flexibility index (Phi) is 4.95. The smallest absolute Gasteiger partial charge is 0.206 e. The van der Waals surface area contributed by atoms with E-state index in [0.29, 0.717) is 22.2 Å². The number of aliphatic hydroxyl groups is 1. The van der Waals surface area contributed by atoms with Crippen LogP contribution in [0.5, 0.6) is 0 Å². The quantitative estimate of drug-likeness (QED) is 0.852. The zero-order valence-corrected chi connectivity index (χ0v) is 14.4. The number of aromatic nitrogens is 2. The van der Waals surface area contributed by atoms with E-state index in [4.69, 9.17) is 0 Å². The molecule has 0 saturated heterocycles. The fourth-order valence-corrected chi connectivity index (χ4v) is 2.68. The summed E-state index contributed by atoms with van der Waals surface area (Å²) in [7, 11) is 0. The highest BCUT2D eigenvalue weighted by atomic mass is 79.9. The predicted octanol–water partition coefficient (Wildman–Crippen LogP) is 3.93. The minimum absolute atomic E-state index is 0.211. The van der Waals surface area contributed by atoms with Gasteiger partial charge in [0, 0.05) is 16.6 Å². The van der Waals surface area contributed by atoms with Crippen LogP contribution in [0.15, 0.2) is 22.7 Å². The molecule has 4 nitrogen and oxygen atoms in total. The highest BCUT2D eigenvalue weighted by molar-refractivity contribution is 9.10. The van der Waals surface area contributed by atoms with Gasteiger partial charge in [0.05, 0.1) is 6.10 Å². The van der Waals surface area contributed by atoms with Gasteiger partial charge in [0.1, 0.15) is 5.82 Å². The van der Waals surface area contributed by atoms with Crippen molar-refractivity contribution in [2.24, 2.45) is 5.41 Å². The molecule has 0 spiro atoms. The van der Waals surface area contributed by atoms with E-state index in [1.54, 1.807) is 12.1 Å². The normalized spacial score (nSPS) is 13.2. The molecular weight excluding hydrogens is 357 g/mol. The Morgan fingerprint density at radius 3 is 2.76 bits per heavy atom. The molecule has 0 saturated carbocycles. The first-order valence-corrected chi connectivity index (χ1v) is 8.09. The van der Waals surface area contributed by atoms with Crippen molar-refractivity contribution in [1.29, 1.82) is 0 Å². The number of aliphatic hydroxyl groups excluding tert-OH is 1. The first-order chi connectivity index (χ1) is 9.77. The monoisotopic (exact) mass is 373 g/mol. The van der Waals surface area contributed by atoms with Crippen molar-refractivity contribution in [1.82, 2.24) is 10.2 Å². The van der Waals surface area contributed by atoms with Gasteiger partial charge in [-0.3, -0.25) is 0 Å². The van der Waals surface area contributed by atoms with Gasteiger partial charge in [-0.15, -0.1) is 10.2 Å². The molecule has 0 bridgehead atoms. The van der Waals surface area contributed by atoms with Gasteiger partial charge in [-0.25, -0.2) is 4.39 Å². The molecule has 1 aromatic carbocycles. The van der Waals surface area contributed by atoms with Gasteiger partial charge < -0.3 is 10.4 Å². The van der Waals surface area contributed by atoms with E-state index >= 15 is 0 Å². The maximum atomic E-state index is 13.8. The van der Waals surface area contributed by atoms with Crippen molar-refractivity contribution in [2.75, 3.05) is 11.9 Å². The minimum atomic E-state index is -0.507. The summed E-state index contributed by atoms with van der Waals surface area (Å²) < 4.78 is 14.6. The summed E-state index contributed by atoms with van der Waals surface area (Å²) in [5, 5.41) is 22.1. The summed E-state index contributed by atoms with van der Waals surface area (Å²) in [6.07, 6.45) is -0.507. The van der Waals surface area contributed by atoms with E-state index < -0.39 is 6.10 Å². The SMILES string of the molecule is CC(C)(C)C(O)CNc1nnc(-c2cc(Br)ccc2F)s1. The van der Waals surface area contributed by atoms with E-state index in [0.717, 1.165) is 4.47 Å². The fraction of sp³-hybridized carbons (Fsp3) is 0.429. The summed E-state index contributed by atoms with van der Waals surface area (Å²) in [6, 6.07) is 4.69. The highest BCUT2D eigenvalue weighted by Crippen LogP contribution is 2.30. The van der Waals surface area contributed by atoms with Crippen molar-refractivity contribution in [3.63, 3.8) is 0 Å². The molecule has 2 N–H and O–H groups in total. The zero-order chi connectivity index (χ0) is 15.6. The van der Waals surface area contributed by atoms with E-state index in [9.17, 15) is 9.50 Å². The molecule has 0 radical (unpaired) electrons. The van der Waals surface area contributed by atoms with E-state index in [1.807, 2.05) is 20.8 Å². The van der Waals surface area contributed by atoms with E-state index in [2.05, 4.69) is 31.4 Å². The van der Waals surface area contributed by atoms with Crippen LogP contribution in [0.4, 0.5) is 9.52 Å². The number of benzene rings is 1. The summed E-state index contributed by atoms with van der Waals surface area (Å²) >= 11 is 4.57. The van der Waals surface area contributed by atoms with Crippen LogP contribution in [0.1, 0.15) is 20.8 Å². The molecule has 0 aliphatic carbocycles. The van der Waals surface area contributed by atoms with Crippen LogP contribution in [0.25, 0.3) is 10.6 Å². The maximum Gasteiger partial charge on any atom is 0.206 e. The Morgan fingerprint density at radius 2 is 2.10 bits per heavy atom. The summed E-state index contributed by atoms with van der Waals surface area (Å²) in [5.41, 5.74) is 0.197. The van der Waals surface area contributed by atoms with E-state index in [1.165, 1.54) is 17.4 Å². The van der Waals surface area contributed by atoms with Gasteiger partial charge in [0.15, 0.2) is 5.01 Å². The Balaban J connectivity index is 2.10. The molecule has 0 fully saturated rings. The Labute approximate surface area is 135 Å². The number of halogens is 2. The number of hydrogen-bond acceptors (Lipinski definition) is 5. The first kappa shape index (κ1) is 16.3. The summed E-state index contributed by atoms with van der Waals surface area (Å²) in [5.74, 6) is -0.337. The third-order valence-corrected chi connectivity index (χ3v) is 4.44. The molecule has 114 valence electrons. The number of hydrogen-bond donors (Lipinski definition) is 2. The number of rotatable bonds is 4. The van der Waals surface area contributed by atoms with Crippen molar-refractivity contribution in [3.8, 4) is 10.6 Å². The molecule has 2 rings (SSSR count). The molecule has 1 atom stereocenters. The molecule has 0 aliphatic rings. The lowest BCUT2D eigenvalue weighted by molar-refractivity contribution is 0.0746. The van der Waals surface area contributed by atoms with E-state index in [-0.39, 0.29) is 11.2 Å². The van der Waals surface area contributed by atoms with Crippen molar-refractivity contribution in [2.45, 2.75) is 26.9 Å². The second-order valence-electron chi connectivity index (χ2n) is 5.80. The van der Waals surface area contributed by atoms with Gasteiger partial charge >= 0.3 is 0 Å². The molecule has 1 aromatic heterocycles. The Morgan fingerprint density at radius 1 is 1.38 bits per heavy atom. The standard InChI is InChI=1S/C14H17BrFN3OS/c1-14(2,3)11(20)7-17-13-19-18-12(21-13)9-6-8(15)4-5-10(9)16/h4-6,11,20H,7H2,1-3H3,(H,17,19). The third kappa shape index (κ3) is 4.21. The molecule has 1 heterocycles. The van der Waals surface area contributed by atoms with Gasteiger partial charge in [0.2, 0.25) is 5.13 Å². The third-order valence-electron chi connectivity index (χ3n) is 3.03. The van der Waals surface area contributed by atoms with Crippen molar-refractivity contribution >= 4 is 32.4 Å². The highest BCUT2D eigenvalue weighted by Gasteiger charge is 2.22. The molecule has 0 aliphatic heterocycles. The first-order valence-electron chi connectivity index (χ1n) is 6.48. The van der Waals surface area contributed by atoms with Gasteiger partial charge in [-0.2, -0.15) is 0 Å².